The van der Waals surface area contributed by atoms with Crippen molar-refractivity contribution < 1.29 is 18.8 Å². The van der Waals surface area contributed by atoms with E-state index < -0.39 is 0 Å². The molecule has 1 N–H and O–H groups in total. The van der Waals surface area contributed by atoms with Crippen molar-refractivity contribution in [2.24, 2.45) is 0 Å². The van der Waals surface area contributed by atoms with Crippen molar-refractivity contribution in [2.75, 3.05) is 18.8 Å². The predicted molar refractivity (Wildman–Crippen MR) is 80.7 cm³/mol. The second-order valence-corrected chi connectivity index (χ2v) is 6.25. The molecule has 0 saturated carbocycles. The summed E-state index contributed by atoms with van der Waals surface area (Å²) in [4.78, 5) is 38.5. The van der Waals surface area contributed by atoms with Crippen molar-refractivity contribution in [3.63, 3.8) is 0 Å². The van der Waals surface area contributed by atoms with Gasteiger partial charge < -0.3 is 9.32 Å². The molecular weight excluding hydrogens is 320 g/mol. The number of furan rings is 1. The van der Waals surface area contributed by atoms with Gasteiger partial charge in [-0.1, -0.05) is 11.8 Å². The van der Waals surface area contributed by atoms with Crippen molar-refractivity contribution in [1.29, 1.82) is 0 Å². The summed E-state index contributed by atoms with van der Waals surface area (Å²) in [6, 6.07) is 4.91. The number of thioether (sulfide) groups is 1. The Labute approximate surface area is 134 Å². The van der Waals surface area contributed by atoms with Crippen LogP contribution in [0.2, 0.25) is 0 Å². The molecule has 2 aliphatic heterocycles. The second-order valence-electron chi connectivity index (χ2n) is 5.33. The normalized spacial score (nSPS) is 18.6. The quantitative estimate of drug-likeness (QED) is 0.906. The van der Waals surface area contributed by atoms with E-state index in [-0.39, 0.29) is 34.5 Å². The summed E-state index contributed by atoms with van der Waals surface area (Å²) in [5, 5.41) is 6.53. The van der Waals surface area contributed by atoms with Gasteiger partial charge in [0.25, 0.3) is 11.1 Å². The average Bonchev–Trinajstić information content (AvgIpc) is 3.20. The minimum atomic E-state index is -0.234. The zero-order valence-corrected chi connectivity index (χ0v) is 12.7. The van der Waals surface area contributed by atoms with Gasteiger partial charge in [0.05, 0.1) is 18.1 Å². The van der Waals surface area contributed by atoms with E-state index >= 15 is 0 Å². The topological polar surface area (TPSA) is 99.5 Å². The Kier molecular flexibility index (Phi) is 3.22. The minimum absolute atomic E-state index is 0.183. The molecule has 0 atom stereocenters. The van der Waals surface area contributed by atoms with E-state index in [0.717, 1.165) is 11.8 Å². The molecule has 4 heterocycles. The molecule has 23 heavy (non-hydrogen) atoms. The van der Waals surface area contributed by atoms with Crippen molar-refractivity contribution in [3.8, 4) is 11.5 Å². The summed E-state index contributed by atoms with van der Waals surface area (Å²) in [6.45, 7) is 0.694. The number of H-pyrrole nitrogens is 1. The van der Waals surface area contributed by atoms with Gasteiger partial charge >= 0.3 is 0 Å². The Morgan fingerprint density at radius 3 is 2.87 bits per heavy atom. The van der Waals surface area contributed by atoms with Gasteiger partial charge in [-0.15, -0.1) is 0 Å². The van der Waals surface area contributed by atoms with Crippen molar-refractivity contribution in [3.05, 3.63) is 30.2 Å². The van der Waals surface area contributed by atoms with Crippen LogP contribution in [-0.2, 0) is 4.79 Å². The van der Waals surface area contributed by atoms with E-state index in [9.17, 15) is 14.4 Å². The molecule has 0 radical (unpaired) electrons. The van der Waals surface area contributed by atoms with Gasteiger partial charge in [-0.3, -0.25) is 24.4 Å². The third-order valence-corrected chi connectivity index (χ3v) is 4.72. The van der Waals surface area contributed by atoms with E-state index in [1.807, 2.05) is 0 Å². The van der Waals surface area contributed by atoms with E-state index in [1.54, 1.807) is 29.4 Å². The summed E-state index contributed by atoms with van der Waals surface area (Å²) < 4.78 is 5.24. The minimum Gasteiger partial charge on any atom is -0.463 e. The Morgan fingerprint density at radius 2 is 2.22 bits per heavy atom. The highest BCUT2D eigenvalue weighted by atomic mass is 32.2. The summed E-state index contributed by atoms with van der Waals surface area (Å²) in [5.74, 6) is 0.372. The van der Waals surface area contributed by atoms with Crippen LogP contribution >= 0.6 is 11.8 Å². The molecule has 2 aromatic heterocycles. The number of imide groups is 1. The number of hydrogen-bond donors (Lipinski definition) is 1. The lowest BCUT2D eigenvalue weighted by atomic mass is 10.1. The first-order valence-corrected chi connectivity index (χ1v) is 7.99. The van der Waals surface area contributed by atoms with Crippen LogP contribution in [0.1, 0.15) is 10.5 Å². The highest BCUT2D eigenvalue weighted by Gasteiger charge is 2.43. The lowest BCUT2D eigenvalue weighted by Gasteiger charge is -2.42. The Hall–Kier alpha value is -2.55. The highest BCUT2D eigenvalue weighted by Crippen LogP contribution is 2.27. The SMILES string of the molecule is O=C(c1cc(-c2ccco2)[nH]n1)N1CC(N2C(=O)CSC2=O)C1. The average molecular weight is 332 g/mol. The number of hydrogen-bond acceptors (Lipinski definition) is 6. The van der Waals surface area contributed by atoms with Crippen LogP contribution < -0.4 is 0 Å². The standard InChI is InChI=1S/C14H12N4O4S/c19-12-7-23-14(21)18(12)8-5-17(6-8)13(20)10-4-9(15-16-10)11-2-1-3-22-11/h1-4,8H,5-7H2,(H,15,16). The molecule has 0 aromatic carbocycles. The molecule has 4 rings (SSSR count). The molecule has 9 heteroatoms. The van der Waals surface area contributed by atoms with E-state index in [1.165, 1.54) is 4.90 Å². The fourth-order valence-corrected chi connectivity index (χ4v) is 3.43. The lowest BCUT2D eigenvalue weighted by Crippen LogP contribution is -2.62. The van der Waals surface area contributed by atoms with E-state index in [0.29, 0.717) is 24.5 Å². The van der Waals surface area contributed by atoms with Gasteiger partial charge in [-0.05, 0) is 12.1 Å². The lowest BCUT2D eigenvalue weighted by molar-refractivity contribution is -0.128. The van der Waals surface area contributed by atoms with Gasteiger partial charge in [0.2, 0.25) is 5.91 Å². The zero-order chi connectivity index (χ0) is 16.0. The van der Waals surface area contributed by atoms with Crippen molar-refractivity contribution in [1.82, 2.24) is 20.0 Å². The van der Waals surface area contributed by atoms with Crippen LogP contribution in [0.4, 0.5) is 4.79 Å². The Morgan fingerprint density at radius 1 is 1.39 bits per heavy atom. The molecule has 2 saturated heterocycles. The van der Waals surface area contributed by atoms with Gasteiger partial charge in [0.15, 0.2) is 11.5 Å². The van der Waals surface area contributed by atoms with Gasteiger partial charge in [-0.2, -0.15) is 5.10 Å². The van der Waals surface area contributed by atoms with Crippen LogP contribution in [0.15, 0.2) is 28.9 Å². The second kappa shape index (κ2) is 5.27. The summed E-state index contributed by atoms with van der Waals surface area (Å²) in [7, 11) is 0. The van der Waals surface area contributed by atoms with Gasteiger partial charge in [-0.25, -0.2) is 0 Å². The maximum atomic E-state index is 12.4. The predicted octanol–water partition coefficient (Wildman–Crippen LogP) is 1.19. The number of rotatable bonds is 3. The maximum absolute atomic E-state index is 12.4. The van der Waals surface area contributed by atoms with Crippen LogP contribution in [0.3, 0.4) is 0 Å². The Balaban J connectivity index is 1.42. The Bertz CT molecular complexity index is 763. The third-order valence-electron chi connectivity index (χ3n) is 3.88. The molecule has 118 valence electrons. The summed E-state index contributed by atoms with van der Waals surface area (Å²) >= 11 is 1.01. The van der Waals surface area contributed by atoms with Crippen molar-refractivity contribution in [2.45, 2.75) is 6.04 Å². The number of amides is 3. The molecule has 8 nitrogen and oxygen atoms in total. The summed E-state index contributed by atoms with van der Waals surface area (Å²) in [6.07, 6.45) is 1.54. The van der Waals surface area contributed by atoms with Gasteiger partial charge in [0, 0.05) is 19.2 Å². The molecule has 2 fully saturated rings. The van der Waals surface area contributed by atoms with Crippen LogP contribution in [0.25, 0.3) is 11.5 Å². The smallest absolute Gasteiger partial charge is 0.289 e. The number of aromatic amines is 1. The molecule has 3 amide bonds. The maximum Gasteiger partial charge on any atom is 0.289 e. The number of aromatic nitrogens is 2. The molecule has 2 aromatic rings. The molecule has 2 aliphatic rings. The monoisotopic (exact) mass is 332 g/mol. The largest absolute Gasteiger partial charge is 0.463 e. The first kappa shape index (κ1) is 14.1. The number of nitrogens with one attached hydrogen (secondary N) is 1. The fourth-order valence-electron chi connectivity index (χ4n) is 2.65. The number of carbonyl (C=O) groups excluding carboxylic acids is 3. The van der Waals surface area contributed by atoms with E-state index in [2.05, 4.69) is 10.2 Å². The van der Waals surface area contributed by atoms with Gasteiger partial charge in [0.1, 0.15) is 5.69 Å². The van der Waals surface area contributed by atoms with Crippen molar-refractivity contribution >= 4 is 28.8 Å². The van der Waals surface area contributed by atoms with Crippen LogP contribution in [-0.4, -0.2) is 61.9 Å². The molecular formula is C14H12N4O4S. The number of nitrogens with zero attached hydrogens (tertiary/aromatic N) is 3. The number of likely N-dealkylation sites (tertiary alicyclic amines) is 1. The van der Waals surface area contributed by atoms with E-state index in [4.69, 9.17) is 4.42 Å². The highest BCUT2D eigenvalue weighted by molar-refractivity contribution is 8.14. The molecule has 0 unspecified atom stereocenters. The molecule has 0 bridgehead atoms. The van der Waals surface area contributed by atoms with Crippen LogP contribution in [0.5, 0.6) is 0 Å². The van der Waals surface area contributed by atoms with Crippen LogP contribution in [0, 0.1) is 0 Å². The first-order valence-electron chi connectivity index (χ1n) is 7.01. The molecule has 0 spiro atoms. The third kappa shape index (κ3) is 2.33. The fraction of sp³-hybridized carbons (Fsp3) is 0.286. The summed E-state index contributed by atoms with van der Waals surface area (Å²) in [5.41, 5.74) is 0.903. The molecule has 0 aliphatic carbocycles. The number of carbonyl (C=O) groups is 3. The zero-order valence-electron chi connectivity index (χ0n) is 11.9. The first-order chi connectivity index (χ1) is 11.1.